The Labute approximate surface area is 177 Å². The Morgan fingerprint density at radius 1 is 0.929 bits per heavy atom. The number of hydrogen-bond donors (Lipinski definition) is 1. The summed E-state index contributed by atoms with van der Waals surface area (Å²) >= 11 is 0. The third kappa shape index (κ3) is 5.67. The van der Waals surface area contributed by atoms with Gasteiger partial charge in [0.25, 0.3) is 0 Å². The molecule has 0 heterocycles. The van der Waals surface area contributed by atoms with E-state index in [1.165, 1.54) is 69.8 Å². The summed E-state index contributed by atoms with van der Waals surface area (Å²) < 4.78 is 15.9. The van der Waals surface area contributed by atoms with E-state index in [0.717, 1.165) is 11.3 Å². The maximum atomic E-state index is 12.7. The molecule has 0 saturated heterocycles. The number of nitrogens with one attached hydrogen (secondary N) is 1. The molecule has 2 saturated carbocycles. The average Bonchev–Trinajstić information content (AvgIpc) is 2.69. The first-order chi connectivity index (χ1) is 13.4. The summed E-state index contributed by atoms with van der Waals surface area (Å²) in [5.74, 6) is 0. The lowest BCUT2D eigenvalue weighted by atomic mass is 9.99. The van der Waals surface area contributed by atoms with Crippen molar-refractivity contribution in [2.75, 3.05) is 0 Å². The maximum absolute atomic E-state index is 12.7. The first kappa shape index (κ1) is 22.4. The lowest BCUT2D eigenvalue weighted by molar-refractivity contribution is 0.487. The minimum atomic E-state index is -1.04. The van der Waals surface area contributed by atoms with Crippen LogP contribution in [0.5, 0.6) is 0 Å². The van der Waals surface area contributed by atoms with E-state index in [2.05, 4.69) is 35.9 Å². The van der Waals surface area contributed by atoms with Gasteiger partial charge in [-0.15, -0.1) is 0 Å². The zero-order valence-corrected chi connectivity index (χ0v) is 20.1. The van der Waals surface area contributed by atoms with Gasteiger partial charge in [-0.25, -0.2) is 8.93 Å². The van der Waals surface area contributed by atoms with Crippen LogP contribution in [-0.4, -0.2) is 20.3 Å². The zero-order chi connectivity index (χ0) is 20.1. The van der Waals surface area contributed by atoms with Crippen molar-refractivity contribution in [1.82, 2.24) is 4.72 Å². The van der Waals surface area contributed by atoms with Gasteiger partial charge < -0.3 is 0 Å². The molecule has 0 bridgehead atoms. The predicted octanol–water partition coefficient (Wildman–Crippen LogP) is 6.57. The van der Waals surface area contributed by atoms with Gasteiger partial charge in [-0.1, -0.05) is 70.7 Å². The summed E-state index contributed by atoms with van der Waals surface area (Å²) in [6.07, 6.45) is 14.2. The first-order valence-electron chi connectivity index (χ1n) is 11.4. The van der Waals surface area contributed by atoms with Crippen LogP contribution in [0, 0.1) is 0 Å². The van der Waals surface area contributed by atoms with E-state index in [9.17, 15) is 4.21 Å². The Morgan fingerprint density at radius 3 is 1.93 bits per heavy atom. The normalized spacial score (nSPS) is 22.3. The van der Waals surface area contributed by atoms with Gasteiger partial charge in [-0.05, 0) is 75.6 Å². The van der Waals surface area contributed by atoms with Crippen LogP contribution >= 0.6 is 7.92 Å². The molecule has 158 valence electrons. The Balaban J connectivity index is 1.90. The van der Waals surface area contributed by atoms with Crippen LogP contribution in [-0.2, 0) is 11.0 Å². The van der Waals surface area contributed by atoms with E-state index in [-0.39, 0.29) is 18.7 Å². The molecule has 0 amide bonds. The first-order valence-corrected chi connectivity index (χ1v) is 14.1. The fraction of sp³-hybridized carbons (Fsp3) is 0.750. The molecule has 0 radical (unpaired) electrons. The van der Waals surface area contributed by atoms with E-state index < -0.39 is 11.0 Å². The van der Waals surface area contributed by atoms with Gasteiger partial charge in [-0.3, -0.25) is 0 Å². The monoisotopic (exact) mass is 421 g/mol. The molecule has 2 fully saturated rings. The van der Waals surface area contributed by atoms with Gasteiger partial charge >= 0.3 is 0 Å². The molecule has 1 N–H and O–H groups in total. The van der Waals surface area contributed by atoms with Gasteiger partial charge in [0.05, 0.1) is 15.7 Å². The smallest absolute Gasteiger partial charge is 0.0975 e. The molecule has 0 unspecified atom stereocenters. The van der Waals surface area contributed by atoms with Crippen molar-refractivity contribution in [3.63, 3.8) is 0 Å². The minimum absolute atomic E-state index is 0.133. The highest BCUT2D eigenvalue weighted by molar-refractivity contribution is 7.84. The van der Waals surface area contributed by atoms with Crippen molar-refractivity contribution >= 4 is 24.2 Å². The van der Waals surface area contributed by atoms with Crippen LogP contribution in [0.4, 0.5) is 0 Å². The Kier molecular flexibility index (Phi) is 8.16. The van der Waals surface area contributed by atoms with Crippen molar-refractivity contribution in [1.29, 1.82) is 0 Å². The Bertz CT molecular complexity index is 626. The fourth-order valence-corrected chi connectivity index (χ4v) is 9.75. The van der Waals surface area contributed by atoms with E-state index in [4.69, 9.17) is 0 Å². The van der Waals surface area contributed by atoms with Gasteiger partial charge in [0.15, 0.2) is 0 Å². The molecular formula is C24H40NOPS. The van der Waals surface area contributed by atoms with E-state index >= 15 is 0 Å². The molecule has 0 spiro atoms. The molecule has 0 aliphatic heterocycles. The summed E-state index contributed by atoms with van der Waals surface area (Å²) in [6, 6.07) is 9.27. The molecule has 1 aromatic carbocycles. The van der Waals surface area contributed by atoms with Crippen LogP contribution in [0.2, 0.25) is 0 Å². The molecule has 3 rings (SSSR count). The molecule has 2 aliphatic rings. The summed E-state index contributed by atoms with van der Waals surface area (Å²) in [5.41, 5.74) is 3.20. The highest BCUT2D eigenvalue weighted by Gasteiger charge is 2.34. The van der Waals surface area contributed by atoms with Crippen LogP contribution in [0.3, 0.4) is 0 Å². The molecule has 28 heavy (non-hydrogen) atoms. The Hall–Kier alpha value is -0.240. The van der Waals surface area contributed by atoms with Crippen LogP contribution in [0.1, 0.15) is 104 Å². The van der Waals surface area contributed by atoms with E-state index in [1.807, 2.05) is 20.8 Å². The average molecular weight is 422 g/mol. The standard InChI is InChI=1S/C24H40NOPS/c1-19(25-28(26)24(2,3)4)22-17-11-12-18-23(22)27(20-13-7-5-8-14-20)21-15-9-6-10-16-21/h11-12,17-21,25H,5-10,13-16H2,1-4H3/t19-,28+/m0/s1. The van der Waals surface area contributed by atoms with Crippen molar-refractivity contribution in [2.45, 2.75) is 114 Å². The van der Waals surface area contributed by atoms with Gasteiger partial charge in [0.1, 0.15) is 0 Å². The number of benzene rings is 1. The molecule has 4 heteroatoms. The quantitative estimate of drug-likeness (QED) is 0.517. The largest absolute Gasteiger partial charge is 0.242 e. The molecular weight excluding hydrogens is 381 g/mol. The van der Waals surface area contributed by atoms with Crippen LogP contribution in [0.15, 0.2) is 24.3 Å². The minimum Gasteiger partial charge on any atom is -0.242 e. The maximum Gasteiger partial charge on any atom is 0.0975 e. The second-order valence-electron chi connectivity index (χ2n) is 9.77. The van der Waals surface area contributed by atoms with Crippen molar-refractivity contribution in [3.8, 4) is 0 Å². The SMILES string of the molecule is C[C@H](N[S@](=O)C(C)(C)C)c1ccccc1P(C1CCCCC1)C1CCCCC1. The fourth-order valence-electron chi connectivity index (χ4n) is 4.90. The second-order valence-corrected chi connectivity index (χ2v) is 14.5. The summed E-state index contributed by atoms with van der Waals surface area (Å²) in [6.45, 7) is 8.35. The molecule has 0 aromatic heterocycles. The molecule has 1 aromatic rings. The predicted molar refractivity (Wildman–Crippen MR) is 126 cm³/mol. The van der Waals surface area contributed by atoms with Crippen molar-refractivity contribution < 1.29 is 4.21 Å². The lowest BCUT2D eigenvalue weighted by Crippen LogP contribution is -2.37. The van der Waals surface area contributed by atoms with E-state index in [1.54, 1.807) is 5.30 Å². The summed E-state index contributed by atoms with van der Waals surface area (Å²) in [7, 11) is -1.18. The third-order valence-corrected chi connectivity index (χ3v) is 11.7. The van der Waals surface area contributed by atoms with Crippen molar-refractivity contribution in [2.24, 2.45) is 0 Å². The van der Waals surface area contributed by atoms with E-state index in [0.29, 0.717) is 0 Å². The zero-order valence-electron chi connectivity index (χ0n) is 18.4. The van der Waals surface area contributed by atoms with Crippen LogP contribution < -0.4 is 10.0 Å². The van der Waals surface area contributed by atoms with Crippen molar-refractivity contribution in [3.05, 3.63) is 29.8 Å². The van der Waals surface area contributed by atoms with Gasteiger partial charge in [0.2, 0.25) is 0 Å². The topological polar surface area (TPSA) is 29.1 Å². The number of hydrogen-bond acceptors (Lipinski definition) is 1. The van der Waals surface area contributed by atoms with Gasteiger partial charge in [0, 0.05) is 6.04 Å². The van der Waals surface area contributed by atoms with Crippen LogP contribution in [0.25, 0.3) is 0 Å². The molecule has 2 aliphatic carbocycles. The molecule has 2 nitrogen and oxygen atoms in total. The molecule has 2 atom stereocenters. The highest BCUT2D eigenvalue weighted by atomic mass is 32.2. The summed E-state index contributed by atoms with van der Waals surface area (Å²) in [4.78, 5) is 0. The number of rotatable bonds is 6. The summed E-state index contributed by atoms with van der Waals surface area (Å²) in [5, 5.41) is 1.61. The lowest BCUT2D eigenvalue weighted by Gasteiger charge is -2.40. The second kappa shape index (κ2) is 10.2. The Morgan fingerprint density at radius 2 is 1.43 bits per heavy atom. The highest BCUT2D eigenvalue weighted by Crippen LogP contribution is 2.55. The third-order valence-electron chi connectivity index (χ3n) is 6.46. The van der Waals surface area contributed by atoms with Gasteiger partial charge in [-0.2, -0.15) is 0 Å².